The molecule has 0 saturated carbocycles. The van der Waals surface area contributed by atoms with Crippen molar-refractivity contribution in [3.63, 3.8) is 0 Å². The van der Waals surface area contributed by atoms with Gasteiger partial charge >= 0.3 is 0 Å². The quantitative estimate of drug-likeness (QED) is 0.735. The van der Waals surface area contributed by atoms with E-state index in [0.717, 1.165) is 6.07 Å². The second kappa shape index (κ2) is 4.39. The molecule has 0 atom stereocenters. The molecule has 2 nitrogen and oxygen atoms in total. The summed E-state index contributed by atoms with van der Waals surface area (Å²) < 4.78 is 61.2. The Balaban J connectivity index is 2.47. The molecule has 0 radical (unpaired) electrons. The van der Waals surface area contributed by atoms with E-state index in [-0.39, 0.29) is 18.8 Å². The molecule has 0 unspecified atom stereocenters. The zero-order chi connectivity index (χ0) is 11.7. The number of alkyl halides is 2. The van der Waals surface area contributed by atoms with E-state index in [2.05, 4.69) is 0 Å². The molecule has 1 aromatic carbocycles. The highest BCUT2D eigenvalue weighted by Gasteiger charge is 2.28. The van der Waals surface area contributed by atoms with Crippen LogP contribution in [0, 0.1) is 11.6 Å². The van der Waals surface area contributed by atoms with E-state index in [1.54, 1.807) is 0 Å². The summed E-state index contributed by atoms with van der Waals surface area (Å²) in [7, 11) is 0. The van der Waals surface area contributed by atoms with Crippen molar-refractivity contribution in [2.45, 2.75) is 12.7 Å². The second-order valence-corrected chi connectivity index (χ2v) is 3.26. The van der Waals surface area contributed by atoms with Crippen LogP contribution in [0.2, 0.25) is 0 Å². The van der Waals surface area contributed by atoms with Gasteiger partial charge in [0, 0.05) is 11.6 Å². The van der Waals surface area contributed by atoms with Crippen LogP contribution in [0.15, 0.2) is 12.1 Å². The molecule has 0 aliphatic carbocycles. The Hall–Kier alpha value is -1.14. The molecular formula is C10H8F4O2. The zero-order valence-electron chi connectivity index (χ0n) is 8.05. The minimum atomic E-state index is -3.04. The summed E-state index contributed by atoms with van der Waals surface area (Å²) in [5.74, 6) is -2.22. The normalized spacial score (nSPS) is 17.3. The summed E-state index contributed by atoms with van der Waals surface area (Å²) in [6.07, 6.45) is -4.16. The Morgan fingerprint density at radius 2 is 1.75 bits per heavy atom. The van der Waals surface area contributed by atoms with Crippen molar-refractivity contribution in [1.29, 1.82) is 0 Å². The predicted molar refractivity (Wildman–Crippen MR) is 46.0 cm³/mol. The fourth-order valence-corrected chi connectivity index (χ4v) is 1.57. The predicted octanol–water partition coefficient (Wildman–Crippen LogP) is 2.95. The van der Waals surface area contributed by atoms with Crippen LogP contribution in [0.25, 0.3) is 0 Å². The smallest absolute Gasteiger partial charge is 0.267 e. The van der Waals surface area contributed by atoms with Crippen LogP contribution in [0.1, 0.15) is 23.8 Å². The minimum absolute atomic E-state index is 0.214. The maximum Gasteiger partial charge on any atom is 0.267 e. The van der Waals surface area contributed by atoms with Crippen LogP contribution in [0.5, 0.6) is 0 Å². The van der Waals surface area contributed by atoms with Gasteiger partial charge in [0.15, 0.2) is 6.29 Å². The molecule has 1 aliphatic rings. The largest absolute Gasteiger partial charge is 0.346 e. The van der Waals surface area contributed by atoms with Gasteiger partial charge in [-0.1, -0.05) is 0 Å². The molecule has 0 aromatic heterocycles. The van der Waals surface area contributed by atoms with Crippen LogP contribution in [0.4, 0.5) is 17.6 Å². The van der Waals surface area contributed by atoms with Crippen LogP contribution >= 0.6 is 0 Å². The Kier molecular flexibility index (Phi) is 3.11. The number of ether oxygens (including phenoxy) is 2. The van der Waals surface area contributed by atoms with E-state index in [1.165, 1.54) is 0 Å². The van der Waals surface area contributed by atoms with Crippen molar-refractivity contribution in [1.82, 2.24) is 0 Å². The van der Waals surface area contributed by atoms with Gasteiger partial charge in [-0.15, -0.1) is 0 Å². The van der Waals surface area contributed by atoms with Crippen molar-refractivity contribution in [2.24, 2.45) is 0 Å². The summed E-state index contributed by atoms with van der Waals surface area (Å²) in [5.41, 5.74) is -1.15. The Morgan fingerprint density at radius 3 is 2.31 bits per heavy atom. The summed E-state index contributed by atoms with van der Waals surface area (Å²) in [6, 6.07) is 1.22. The van der Waals surface area contributed by atoms with Gasteiger partial charge < -0.3 is 9.47 Å². The topological polar surface area (TPSA) is 18.5 Å². The van der Waals surface area contributed by atoms with E-state index in [4.69, 9.17) is 9.47 Å². The number of rotatable bonds is 2. The van der Waals surface area contributed by atoms with Crippen LogP contribution in [0.3, 0.4) is 0 Å². The average molecular weight is 236 g/mol. The molecule has 1 fully saturated rings. The fraction of sp³-hybridized carbons (Fsp3) is 0.400. The second-order valence-electron chi connectivity index (χ2n) is 3.26. The summed E-state index contributed by atoms with van der Waals surface area (Å²) >= 11 is 0. The SMILES string of the molecule is Fc1cc(F)c(C(F)F)c(C2OCCO2)c1. The fourth-order valence-electron chi connectivity index (χ4n) is 1.57. The first-order valence-electron chi connectivity index (χ1n) is 4.60. The lowest BCUT2D eigenvalue weighted by Gasteiger charge is -2.15. The van der Waals surface area contributed by atoms with E-state index >= 15 is 0 Å². The Bertz CT molecular complexity index is 389. The van der Waals surface area contributed by atoms with Gasteiger partial charge in [-0.05, 0) is 6.07 Å². The number of halogens is 4. The summed E-state index contributed by atoms with van der Waals surface area (Å²) in [4.78, 5) is 0. The molecule has 0 bridgehead atoms. The third-order valence-electron chi connectivity index (χ3n) is 2.22. The minimum Gasteiger partial charge on any atom is -0.346 e. The highest BCUT2D eigenvalue weighted by molar-refractivity contribution is 5.31. The summed E-state index contributed by atoms with van der Waals surface area (Å²) in [6.45, 7) is 0.428. The molecule has 16 heavy (non-hydrogen) atoms. The molecule has 0 amide bonds. The lowest BCUT2D eigenvalue weighted by Crippen LogP contribution is -2.07. The maximum atomic E-state index is 13.2. The van der Waals surface area contributed by atoms with E-state index in [1.807, 2.05) is 0 Å². The van der Waals surface area contributed by atoms with Crippen molar-refractivity contribution in [3.05, 3.63) is 34.9 Å². The van der Waals surface area contributed by atoms with Crippen LogP contribution in [-0.2, 0) is 9.47 Å². The molecule has 1 heterocycles. The van der Waals surface area contributed by atoms with Gasteiger partial charge in [0.05, 0.1) is 18.8 Å². The molecule has 88 valence electrons. The van der Waals surface area contributed by atoms with Crippen molar-refractivity contribution < 1.29 is 27.0 Å². The zero-order valence-corrected chi connectivity index (χ0v) is 8.05. The first-order valence-corrected chi connectivity index (χ1v) is 4.60. The molecular weight excluding hydrogens is 228 g/mol. The third kappa shape index (κ3) is 2.03. The Labute approximate surface area is 88.8 Å². The first-order chi connectivity index (χ1) is 7.59. The molecule has 6 heteroatoms. The van der Waals surface area contributed by atoms with Gasteiger partial charge in [0.25, 0.3) is 6.43 Å². The van der Waals surface area contributed by atoms with Gasteiger partial charge in [-0.2, -0.15) is 0 Å². The van der Waals surface area contributed by atoms with Gasteiger partial charge in [0.2, 0.25) is 0 Å². The molecule has 1 aromatic rings. The highest BCUT2D eigenvalue weighted by atomic mass is 19.3. The molecule has 1 aliphatic heterocycles. The molecule has 1 saturated heterocycles. The first kappa shape index (κ1) is 11.3. The van der Waals surface area contributed by atoms with Crippen molar-refractivity contribution >= 4 is 0 Å². The van der Waals surface area contributed by atoms with Gasteiger partial charge in [-0.25, -0.2) is 17.6 Å². The molecule has 2 rings (SSSR count). The average Bonchev–Trinajstić information content (AvgIpc) is 2.67. The molecule has 0 spiro atoms. The summed E-state index contributed by atoms with van der Waals surface area (Å²) in [5, 5.41) is 0. The van der Waals surface area contributed by atoms with Crippen molar-refractivity contribution in [2.75, 3.05) is 13.2 Å². The molecule has 0 N–H and O–H groups in total. The monoisotopic (exact) mass is 236 g/mol. The van der Waals surface area contributed by atoms with Gasteiger partial charge in [-0.3, -0.25) is 0 Å². The van der Waals surface area contributed by atoms with Crippen molar-refractivity contribution in [3.8, 4) is 0 Å². The highest BCUT2D eigenvalue weighted by Crippen LogP contribution is 2.34. The maximum absolute atomic E-state index is 13.2. The number of benzene rings is 1. The number of hydrogen-bond acceptors (Lipinski definition) is 2. The van der Waals surface area contributed by atoms with E-state index in [9.17, 15) is 17.6 Å². The third-order valence-corrected chi connectivity index (χ3v) is 2.22. The number of hydrogen-bond donors (Lipinski definition) is 0. The van der Waals surface area contributed by atoms with Gasteiger partial charge in [0.1, 0.15) is 11.6 Å². The van der Waals surface area contributed by atoms with E-state index in [0.29, 0.717) is 6.07 Å². The Morgan fingerprint density at radius 1 is 1.12 bits per heavy atom. The lowest BCUT2D eigenvalue weighted by molar-refractivity contribution is -0.0471. The van der Waals surface area contributed by atoms with Crippen LogP contribution < -0.4 is 0 Å². The lowest BCUT2D eigenvalue weighted by atomic mass is 10.1. The van der Waals surface area contributed by atoms with E-state index < -0.39 is 29.9 Å². The standard InChI is InChI=1S/C10H8F4O2/c11-5-3-6(10-15-1-2-16-10)8(9(13)14)7(12)4-5/h3-4,9-10H,1-2H2. The van der Waals surface area contributed by atoms with Crippen LogP contribution in [-0.4, -0.2) is 13.2 Å².